The van der Waals surface area contributed by atoms with Gasteiger partial charge in [-0.05, 0) is 52.3 Å². The first-order valence-electron chi connectivity index (χ1n) is 6.82. The van der Waals surface area contributed by atoms with Gasteiger partial charge in [0.05, 0.1) is 12.2 Å². The lowest BCUT2D eigenvalue weighted by molar-refractivity contribution is 0.343. The second-order valence-electron chi connectivity index (χ2n) is 4.50. The highest BCUT2D eigenvalue weighted by Gasteiger charge is 2.11. The predicted octanol–water partition coefficient (Wildman–Crippen LogP) is 5.43. The standard InChI is InChI=1S/C16H12Br2N2O2S/c17-11-5-7-12(8-6-11)21-9-10-23-16-20-19-15(22-16)13-3-1-2-4-14(13)18/h1-8H,9-10H2. The molecular weight excluding hydrogens is 444 g/mol. The second-order valence-corrected chi connectivity index (χ2v) is 7.32. The molecule has 0 aliphatic heterocycles. The molecule has 0 unspecified atom stereocenters. The van der Waals surface area contributed by atoms with Gasteiger partial charge >= 0.3 is 0 Å². The zero-order valence-corrected chi connectivity index (χ0v) is 15.9. The highest BCUT2D eigenvalue weighted by molar-refractivity contribution is 9.10. The van der Waals surface area contributed by atoms with Gasteiger partial charge in [-0.15, -0.1) is 10.2 Å². The van der Waals surface area contributed by atoms with Crippen LogP contribution in [0.4, 0.5) is 0 Å². The van der Waals surface area contributed by atoms with Crippen molar-refractivity contribution in [2.24, 2.45) is 0 Å². The van der Waals surface area contributed by atoms with Crippen molar-refractivity contribution < 1.29 is 9.15 Å². The Morgan fingerprint density at radius 1 is 1.00 bits per heavy atom. The van der Waals surface area contributed by atoms with Gasteiger partial charge in [-0.2, -0.15) is 0 Å². The first-order valence-corrected chi connectivity index (χ1v) is 9.39. The molecule has 1 aromatic heterocycles. The molecule has 0 fully saturated rings. The summed E-state index contributed by atoms with van der Waals surface area (Å²) in [6, 6.07) is 15.5. The predicted molar refractivity (Wildman–Crippen MR) is 97.8 cm³/mol. The number of hydrogen-bond donors (Lipinski definition) is 0. The smallest absolute Gasteiger partial charge is 0.276 e. The molecule has 0 aliphatic rings. The summed E-state index contributed by atoms with van der Waals surface area (Å²) in [5.41, 5.74) is 0.887. The van der Waals surface area contributed by atoms with Crippen molar-refractivity contribution in [2.75, 3.05) is 12.4 Å². The van der Waals surface area contributed by atoms with E-state index in [1.165, 1.54) is 11.8 Å². The van der Waals surface area contributed by atoms with E-state index in [9.17, 15) is 0 Å². The van der Waals surface area contributed by atoms with E-state index < -0.39 is 0 Å². The molecule has 23 heavy (non-hydrogen) atoms. The highest BCUT2D eigenvalue weighted by atomic mass is 79.9. The van der Waals surface area contributed by atoms with Crippen molar-refractivity contribution in [3.05, 3.63) is 57.5 Å². The summed E-state index contributed by atoms with van der Waals surface area (Å²) in [5.74, 6) is 2.08. The zero-order chi connectivity index (χ0) is 16.1. The first-order chi connectivity index (χ1) is 11.2. The second kappa shape index (κ2) is 7.99. The number of rotatable bonds is 6. The van der Waals surface area contributed by atoms with Crippen LogP contribution in [0.5, 0.6) is 5.75 Å². The van der Waals surface area contributed by atoms with Gasteiger partial charge in [0.25, 0.3) is 5.22 Å². The Hall–Kier alpha value is -1.31. The fourth-order valence-corrected chi connectivity index (χ4v) is 3.13. The van der Waals surface area contributed by atoms with Crippen LogP contribution in [-0.4, -0.2) is 22.6 Å². The molecule has 3 rings (SSSR count). The fourth-order valence-electron chi connectivity index (χ4n) is 1.83. The number of thioether (sulfide) groups is 1. The molecule has 0 atom stereocenters. The lowest BCUT2D eigenvalue weighted by Gasteiger charge is -2.04. The number of nitrogens with zero attached hydrogens (tertiary/aromatic N) is 2. The molecule has 0 saturated carbocycles. The summed E-state index contributed by atoms with van der Waals surface area (Å²) in [7, 11) is 0. The summed E-state index contributed by atoms with van der Waals surface area (Å²) in [6.07, 6.45) is 0. The number of halogens is 2. The average Bonchev–Trinajstić information content (AvgIpc) is 3.02. The van der Waals surface area contributed by atoms with Gasteiger partial charge in [-0.1, -0.05) is 39.8 Å². The number of hydrogen-bond acceptors (Lipinski definition) is 5. The third kappa shape index (κ3) is 4.59. The van der Waals surface area contributed by atoms with Crippen LogP contribution in [-0.2, 0) is 0 Å². The first kappa shape index (κ1) is 16.5. The minimum Gasteiger partial charge on any atom is -0.493 e. The van der Waals surface area contributed by atoms with Gasteiger partial charge in [0.1, 0.15) is 5.75 Å². The van der Waals surface area contributed by atoms with E-state index in [0.717, 1.165) is 26.0 Å². The van der Waals surface area contributed by atoms with Crippen LogP contribution in [0.2, 0.25) is 0 Å². The van der Waals surface area contributed by atoms with Gasteiger partial charge < -0.3 is 9.15 Å². The molecule has 0 amide bonds. The largest absolute Gasteiger partial charge is 0.493 e. The van der Waals surface area contributed by atoms with Gasteiger partial charge in [-0.25, -0.2) is 0 Å². The molecule has 0 aliphatic carbocycles. The van der Waals surface area contributed by atoms with Crippen LogP contribution in [0.3, 0.4) is 0 Å². The fraction of sp³-hybridized carbons (Fsp3) is 0.125. The summed E-state index contributed by atoms with van der Waals surface area (Å²) < 4.78 is 13.3. The summed E-state index contributed by atoms with van der Waals surface area (Å²) >= 11 is 8.35. The van der Waals surface area contributed by atoms with Gasteiger partial charge in [0.15, 0.2) is 0 Å². The van der Waals surface area contributed by atoms with Crippen LogP contribution < -0.4 is 4.74 Å². The van der Waals surface area contributed by atoms with Crippen molar-refractivity contribution in [2.45, 2.75) is 5.22 Å². The molecule has 118 valence electrons. The van der Waals surface area contributed by atoms with Crippen LogP contribution in [0.15, 0.2) is 67.1 Å². The molecule has 0 bridgehead atoms. The third-order valence-electron chi connectivity index (χ3n) is 2.90. The van der Waals surface area contributed by atoms with E-state index in [1.807, 2.05) is 48.5 Å². The van der Waals surface area contributed by atoms with Crippen LogP contribution in [0.1, 0.15) is 0 Å². The Morgan fingerprint density at radius 2 is 1.78 bits per heavy atom. The highest BCUT2D eigenvalue weighted by Crippen LogP contribution is 2.29. The van der Waals surface area contributed by atoms with Crippen molar-refractivity contribution in [3.8, 4) is 17.2 Å². The average molecular weight is 456 g/mol. The molecule has 2 aromatic carbocycles. The summed E-state index contributed by atoms with van der Waals surface area (Å²) in [5, 5.41) is 8.67. The summed E-state index contributed by atoms with van der Waals surface area (Å²) in [4.78, 5) is 0. The topological polar surface area (TPSA) is 48.2 Å². The lowest BCUT2D eigenvalue weighted by atomic mass is 10.2. The maximum Gasteiger partial charge on any atom is 0.276 e. The Labute approximate surface area is 154 Å². The molecule has 0 N–H and O–H groups in total. The van der Waals surface area contributed by atoms with E-state index in [4.69, 9.17) is 9.15 Å². The minimum atomic E-state index is 0.508. The molecule has 3 aromatic rings. The molecule has 7 heteroatoms. The van der Waals surface area contributed by atoms with Gasteiger partial charge in [-0.3, -0.25) is 0 Å². The van der Waals surface area contributed by atoms with Crippen molar-refractivity contribution in [1.82, 2.24) is 10.2 Å². The monoisotopic (exact) mass is 454 g/mol. The Bertz CT molecular complexity index is 778. The van der Waals surface area contributed by atoms with Crippen molar-refractivity contribution in [3.63, 3.8) is 0 Å². The third-order valence-corrected chi connectivity index (χ3v) is 4.90. The van der Waals surface area contributed by atoms with Gasteiger partial charge in [0, 0.05) is 14.7 Å². The lowest BCUT2D eigenvalue weighted by Crippen LogP contribution is -1.99. The molecular formula is C16H12Br2N2O2S. The number of aromatic nitrogens is 2. The van der Waals surface area contributed by atoms with Crippen molar-refractivity contribution in [1.29, 1.82) is 0 Å². The molecule has 1 heterocycles. The maximum atomic E-state index is 5.67. The Morgan fingerprint density at radius 3 is 2.57 bits per heavy atom. The molecule has 4 nitrogen and oxygen atoms in total. The van der Waals surface area contributed by atoms with E-state index in [2.05, 4.69) is 42.1 Å². The molecule has 0 spiro atoms. The van der Waals surface area contributed by atoms with Crippen LogP contribution in [0.25, 0.3) is 11.5 Å². The van der Waals surface area contributed by atoms with Crippen LogP contribution in [0, 0.1) is 0 Å². The molecule has 0 saturated heterocycles. The SMILES string of the molecule is Brc1ccc(OCCSc2nnc(-c3ccccc3Br)o2)cc1. The summed E-state index contributed by atoms with van der Waals surface area (Å²) in [6.45, 7) is 0.568. The number of benzene rings is 2. The van der Waals surface area contributed by atoms with E-state index in [0.29, 0.717) is 17.7 Å². The normalized spacial score (nSPS) is 10.7. The zero-order valence-electron chi connectivity index (χ0n) is 11.9. The minimum absolute atomic E-state index is 0.508. The van der Waals surface area contributed by atoms with E-state index in [1.54, 1.807) is 0 Å². The quantitative estimate of drug-likeness (QED) is 0.366. The van der Waals surface area contributed by atoms with E-state index >= 15 is 0 Å². The Balaban J connectivity index is 1.52. The van der Waals surface area contributed by atoms with Gasteiger partial charge in [0.2, 0.25) is 5.89 Å². The number of ether oxygens (including phenoxy) is 1. The van der Waals surface area contributed by atoms with Crippen LogP contribution >= 0.6 is 43.6 Å². The Kier molecular flexibility index (Phi) is 5.75. The molecule has 0 radical (unpaired) electrons. The maximum absolute atomic E-state index is 5.67. The van der Waals surface area contributed by atoms with E-state index in [-0.39, 0.29) is 0 Å². The van der Waals surface area contributed by atoms with Crippen molar-refractivity contribution >= 4 is 43.6 Å².